The smallest absolute Gasteiger partial charge is 0.221 e. The lowest BCUT2D eigenvalue weighted by molar-refractivity contribution is -0.114. The van der Waals surface area contributed by atoms with Crippen LogP contribution in [0.5, 0.6) is 5.75 Å². The van der Waals surface area contributed by atoms with Crippen molar-refractivity contribution < 1.29 is 9.53 Å². The number of aryl methyl sites for hydroxylation is 2. The lowest BCUT2D eigenvalue weighted by atomic mass is 10.2. The van der Waals surface area contributed by atoms with Gasteiger partial charge in [0.15, 0.2) is 0 Å². The zero-order valence-electron chi connectivity index (χ0n) is 12.7. The second-order valence-electron chi connectivity index (χ2n) is 4.86. The van der Waals surface area contributed by atoms with E-state index in [1.54, 1.807) is 7.11 Å². The molecule has 6 heteroatoms. The van der Waals surface area contributed by atoms with Crippen LogP contribution in [0, 0.1) is 13.8 Å². The van der Waals surface area contributed by atoms with Crippen molar-refractivity contribution in [2.75, 3.05) is 17.7 Å². The van der Waals surface area contributed by atoms with Gasteiger partial charge in [-0.2, -0.15) is 5.10 Å². The van der Waals surface area contributed by atoms with Crippen LogP contribution in [-0.4, -0.2) is 23.2 Å². The van der Waals surface area contributed by atoms with Crippen LogP contribution in [0.25, 0.3) is 0 Å². The second kappa shape index (κ2) is 6.30. The average Bonchev–Trinajstić information content (AvgIpc) is 2.76. The number of hydrogen-bond acceptors (Lipinski definition) is 4. The third kappa shape index (κ3) is 3.53. The Morgan fingerprint density at radius 1 is 1.38 bits per heavy atom. The Balaban J connectivity index is 2.12. The van der Waals surface area contributed by atoms with E-state index in [2.05, 4.69) is 20.8 Å². The first-order valence-corrected chi connectivity index (χ1v) is 6.71. The van der Waals surface area contributed by atoms with Gasteiger partial charge in [-0.3, -0.25) is 9.89 Å². The molecule has 1 amide bonds. The van der Waals surface area contributed by atoms with Gasteiger partial charge in [0.2, 0.25) is 5.91 Å². The maximum absolute atomic E-state index is 11.1. The Hall–Kier alpha value is -2.50. The van der Waals surface area contributed by atoms with E-state index in [-0.39, 0.29) is 5.91 Å². The van der Waals surface area contributed by atoms with Crippen LogP contribution in [-0.2, 0) is 11.3 Å². The zero-order chi connectivity index (χ0) is 15.4. The molecule has 112 valence electrons. The summed E-state index contributed by atoms with van der Waals surface area (Å²) < 4.78 is 5.30. The van der Waals surface area contributed by atoms with Crippen molar-refractivity contribution in [2.24, 2.45) is 0 Å². The number of benzene rings is 1. The number of nitrogens with zero attached hydrogens (tertiary/aromatic N) is 1. The van der Waals surface area contributed by atoms with E-state index in [0.717, 1.165) is 22.6 Å². The van der Waals surface area contributed by atoms with Crippen LogP contribution >= 0.6 is 0 Å². The molecule has 0 radical (unpaired) electrons. The van der Waals surface area contributed by atoms with Gasteiger partial charge in [-0.1, -0.05) is 0 Å². The minimum atomic E-state index is -0.126. The highest BCUT2D eigenvalue weighted by molar-refractivity contribution is 5.90. The number of carbonyl (C=O) groups excluding carboxylic acids is 1. The minimum Gasteiger partial charge on any atom is -0.494 e. The standard InChI is InChI=1S/C15H20N4O2/c1-9-13(10(2)19-18-9)8-16-12-5-6-14(17-11(3)20)15(7-12)21-4/h5-7,16H,8H2,1-4H3,(H,17,20)(H,18,19). The molecule has 0 aliphatic heterocycles. The largest absolute Gasteiger partial charge is 0.494 e. The summed E-state index contributed by atoms with van der Waals surface area (Å²) in [7, 11) is 1.58. The summed E-state index contributed by atoms with van der Waals surface area (Å²) in [5, 5.41) is 13.2. The molecule has 0 unspecified atom stereocenters. The molecule has 0 aliphatic rings. The lowest BCUT2D eigenvalue weighted by Crippen LogP contribution is -2.08. The van der Waals surface area contributed by atoms with E-state index in [1.165, 1.54) is 6.92 Å². The number of methoxy groups -OCH3 is 1. The number of ether oxygens (including phenoxy) is 1. The molecule has 1 aromatic heterocycles. The van der Waals surface area contributed by atoms with Gasteiger partial charge in [0, 0.05) is 36.5 Å². The fourth-order valence-electron chi connectivity index (χ4n) is 2.12. The maximum atomic E-state index is 11.1. The minimum absolute atomic E-state index is 0.126. The quantitative estimate of drug-likeness (QED) is 0.790. The van der Waals surface area contributed by atoms with Gasteiger partial charge in [-0.25, -0.2) is 0 Å². The van der Waals surface area contributed by atoms with E-state index in [1.807, 2.05) is 32.0 Å². The molecule has 0 atom stereocenters. The zero-order valence-corrected chi connectivity index (χ0v) is 12.7. The van der Waals surface area contributed by atoms with E-state index in [4.69, 9.17) is 4.74 Å². The lowest BCUT2D eigenvalue weighted by Gasteiger charge is -2.12. The van der Waals surface area contributed by atoms with Crippen LogP contribution < -0.4 is 15.4 Å². The molecule has 6 nitrogen and oxygen atoms in total. The highest BCUT2D eigenvalue weighted by atomic mass is 16.5. The molecule has 0 aliphatic carbocycles. The fourth-order valence-corrected chi connectivity index (χ4v) is 2.12. The molecule has 0 saturated heterocycles. The molecule has 21 heavy (non-hydrogen) atoms. The number of aromatic amines is 1. The molecule has 0 spiro atoms. The van der Waals surface area contributed by atoms with Crippen LogP contribution in [0.4, 0.5) is 11.4 Å². The number of rotatable bonds is 5. The van der Waals surface area contributed by atoms with Crippen molar-refractivity contribution in [3.8, 4) is 5.75 Å². The number of amides is 1. The first kappa shape index (κ1) is 14.9. The first-order valence-electron chi connectivity index (χ1n) is 6.71. The Bertz CT molecular complexity index is 630. The molecular weight excluding hydrogens is 268 g/mol. The average molecular weight is 288 g/mol. The van der Waals surface area contributed by atoms with Gasteiger partial charge in [-0.15, -0.1) is 0 Å². The molecule has 2 rings (SSSR count). The van der Waals surface area contributed by atoms with Crippen molar-refractivity contribution >= 4 is 17.3 Å². The Labute approximate surface area is 123 Å². The van der Waals surface area contributed by atoms with Crippen LogP contribution in [0.15, 0.2) is 18.2 Å². The van der Waals surface area contributed by atoms with Gasteiger partial charge in [0.1, 0.15) is 5.75 Å². The number of aromatic nitrogens is 2. The van der Waals surface area contributed by atoms with Crippen molar-refractivity contribution in [1.29, 1.82) is 0 Å². The van der Waals surface area contributed by atoms with E-state index in [9.17, 15) is 4.79 Å². The Kier molecular flexibility index (Phi) is 4.47. The third-order valence-electron chi connectivity index (χ3n) is 3.26. The normalized spacial score (nSPS) is 10.3. The van der Waals surface area contributed by atoms with E-state index >= 15 is 0 Å². The molecule has 0 bridgehead atoms. The molecule has 3 N–H and O–H groups in total. The summed E-state index contributed by atoms with van der Waals surface area (Å²) in [4.78, 5) is 11.1. The van der Waals surface area contributed by atoms with Gasteiger partial charge in [0.05, 0.1) is 18.5 Å². The first-order chi connectivity index (χ1) is 10.0. The second-order valence-corrected chi connectivity index (χ2v) is 4.86. The molecular formula is C15H20N4O2. The predicted molar refractivity (Wildman–Crippen MR) is 82.7 cm³/mol. The Morgan fingerprint density at radius 2 is 2.14 bits per heavy atom. The number of anilines is 2. The van der Waals surface area contributed by atoms with E-state index < -0.39 is 0 Å². The molecule has 0 saturated carbocycles. The van der Waals surface area contributed by atoms with Crippen molar-refractivity contribution in [3.05, 3.63) is 35.2 Å². The topological polar surface area (TPSA) is 79.0 Å². The molecule has 2 aromatic rings. The van der Waals surface area contributed by atoms with Gasteiger partial charge < -0.3 is 15.4 Å². The summed E-state index contributed by atoms with van der Waals surface area (Å²) in [6.07, 6.45) is 0. The molecule has 1 heterocycles. The van der Waals surface area contributed by atoms with Gasteiger partial charge in [-0.05, 0) is 26.0 Å². The third-order valence-corrected chi connectivity index (χ3v) is 3.26. The van der Waals surface area contributed by atoms with Gasteiger partial charge in [0.25, 0.3) is 0 Å². The summed E-state index contributed by atoms with van der Waals surface area (Å²) >= 11 is 0. The van der Waals surface area contributed by atoms with Crippen molar-refractivity contribution in [2.45, 2.75) is 27.3 Å². The van der Waals surface area contributed by atoms with Gasteiger partial charge >= 0.3 is 0 Å². The predicted octanol–water partition coefficient (Wildman–Crippen LogP) is 2.61. The monoisotopic (exact) mass is 288 g/mol. The summed E-state index contributed by atoms with van der Waals surface area (Å²) in [5.74, 6) is 0.495. The van der Waals surface area contributed by atoms with Crippen molar-refractivity contribution in [3.63, 3.8) is 0 Å². The summed E-state index contributed by atoms with van der Waals surface area (Å²) in [6.45, 7) is 6.12. The van der Waals surface area contributed by atoms with Crippen LogP contribution in [0.1, 0.15) is 23.9 Å². The molecule has 1 aromatic carbocycles. The highest BCUT2D eigenvalue weighted by Gasteiger charge is 2.08. The Morgan fingerprint density at radius 3 is 2.71 bits per heavy atom. The van der Waals surface area contributed by atoms with Crippen LogP contribution in [0.3, 0.4) is 0 Å². The number of hydrogen-bond donors (Lipinski definition) is 3. The van der Waals surface area contributed by atoms with Crippen LogP contribution in [0.2, 0.25) is 0 Å². The number of H-pyrrole nitrogens is 1. The SMILES string of the molecule is COc1cc(NCc2c(C)n[nH]c2C)ccc1NC(C)=O. The maximum Gasteiger partial charge on any atom is 0.221 e. The summed E-state index contributed by atoms with van der Waals surface area (Å²) in [6, 6.07) is 5.58. The highest BCUT2D eigenvalue weighted by Crippen LogP contribution is 2.28. The fraction of sp³-hybridized carbons (Fsp3) is 0.333. The number of nitrogens with one attached hydrogen (secondary N) is 3. The number of carbonyl (C=O) groups is 1. The van der Waals surface area contributed by atoms with Crippen molar-refractivity contribution in [1.82, 2.24) is 10.2 Å². The van der Waals surface area contributed by atoms with E-state index in [0.29, 0.717) is 18.0 Å². The molecule has 0 fully saturated rings. The summed E-state index contributed by atoms with van der Waals surface area (Å²) in [5.41, 5.74) is 4.77.